The largest absolute Gasteiger partial charge is 0.496 e. The summed E-state index contributed by atoms with van der Waals surface area (Å²) in [5, 5.41) is 15.1. The summed E-state index contributed by atoms with van der Waals surface area (Å²) in [5.74, 6) is 0.363. The van der Waals surface area contributed by atoms with Gasteiger partial charge in [0, 0.05) is 10.4 Å². The maximum Gasteiger partial charge on any atom is 0.341 e. The third kappa shape index (κ3) is 6.68. The van der Waals surface area contributed by atoms with E-state index in [0.717, 1.165) is 21.2 Å². The van der Waals surface area contributed by atoms with Gasteiger partial charge in [-0.15, -0.1) is 11.3 Å². The van der Waals surface area contributed by atoms with Crippen LogP contribution in [0.3, 0.4) is 0 Å². The molecule has 1 heterocycles. The minimum Gasteiger partial charge on any atom is -0.496 e. The van der Waals surface area contributed by atoms with Crippen LogP contribution in [0.5, 0.6) is 11.5 Å². The normalized spacial score (nSPS) is 11.2. The second-order valence-electron chi connectivity index (χ2n) is 9.26. The number of carbonyl (C=O) groups is 2. The number of rotatable bonds is 10. The van der Waals surface area contributed by atoms with Crippen molar-refractivity contribution in [3.05, 3.63) is 93.9 Å². The van der Waals surface area contributed by atoms with E-state index >= 15 is 0 Å². The molecular weight excluding hydrogens is 524 g/mol. The Morgan fingerprint density at radius 2 is 1.82 bits per heavy atom. The Kier molecular flexibility index (Phi) is 9.20. The molecule has 40 heavy (non-hydrogen) atoms. The molecule has 1 aromatic heterocycles. The van der Waals surface area contributed by atoms with Crippen molar-refractivity contribution in [2.75, 3.05) is 19.0 Å². The van der Waals surface area contributed by atoms with Crippen LogP contribution in [-0.4, -0.2) is 25.6 Å². The van der Waals surface area contributed by atoms with Gasteiger partial charge in [0.25, 0.3) is 5.91 Å². The lowest BCUT2D eigenvalue weighted by Crippen LogP contribution is -2.15. The summed E-state index contributed by atoms with van der Waals surface area (Å²) in [6.45, 7) is 6.16. The Morgan fingerprint density at radius 3 is 2.52 bits per heavy atom. The van der Waals surface area contributed by atoms with Gasteiger partial charge in [-0.3, -0.25) is 4.79 Å². The topological polar surface area (TPSA) is 97.7 Å². The van der Waals surface area contributed by atoms with Crippen LogP contribution in [0, 0.1) is 11.3 Å². The lowest BCUT2D eigenvalue weighted by atomic mass is 10.1. The van der Waals surface area contributed by atoms with Gasteiger partial charge in [-0.25, -0.2) is 4.79 Å². The van der Waals surface area contributed by atoms with E-state index in [-0.39, 0.29) is 30.3 Å². The Morgan fingerprint density at radius 1 is 1.05 bits per heavy atom. The van der Waals surface area contributed by atoms with E-state index in [1.54, 1.807) is 32.2 Å². The first-order chi connectivity index (χ1) is 19.3. The van der Waals surface area contributed by atoms with E-state index < -0.39 is 11.9 Å². The maximum absolute atomic E-state index is 13.1. The van der Waals surface area contributed by atoms with E-state index in [4.69, 9.17) is 14.2 Å². The van der Waals surface area contributed by atoms with Gasteiger partial charge >= 0.3 is 5.97 Å². The van der Waals surface area contributed by atoms with E-state index in [1.165, 1.54) is 17.4 Å². The fourth-order valence-electron chi connectivity index (χ4n) is 4.05. The molecule has 0 radical (unpaired) electrons. The first kappa shape index (κ1) is 28.4. The first-order valence-electron chi connectivity index (χ1n) is 12.9. The van der Waals surface area contributed by atoms with Crippen LogP contribution in [-0.2, 0) is 16.1 Å². The minimum absolute atomic E-state index is 0.110. The number of nitrogens with one attached hydrogen (secondary N) is 1. The number of hydrogen-bond donors (Lipinski definition) is 1. The Bertz CT molecular complexity index is 1610. The van der Waals surface area contributed by atoms with Crippen LogP contribution in [0.1, 0.15) is 53.1 Å². The molecule has 1 N–H and O–H groups in total. The number of benzene rings is 3. The number of methoxy groups -OCH3 is 1. The molecule has 8 heteroatoms. The predicted molar refractivity (Wildman–Crippen MR) is 158 cm³/mol. The summed E-state index contributed by atoms with van der Waals surface area (Å²) in [6, 6.07) is 23.0. The number of hydrogen-bond acceptors (Lipinski definition) is 7. The zero-order valence-corrected chi connectivity index (χ0v) is 23.6. The number of nitriles is 1. The first-order valence-corrected chi connectivity index (χ1v) is 13.7. The molecule has 204 valence electrons. The highest BCUT2D eigenvalue weighted by molar-refractivity contribution is 7.16. The SMILES string of the molecule is CCOC(=O)c1cc(C(C)C)sc1NC(=O)C(C#N)=Cc1ccc(OC)c(COc2ccc3ccccc3c2)c1. The Hall–Kier alpha value is -4.61. The highest BCUT2D eigenvalue weighted by atomic mass is 32.1. The van der Waals surface area contributed by atoms with Crippen LogP contribution >= 0.6 is 11.3 Å². The fourth-order valence-corrected chi connectivity index (χ4v) is 5.10. The fraction of sp³-hybridized carbons (Fsp3) is 0.219. The lowest BCUT2D eigenvalue weighted by Gasteiger charge is -2.12. The number of thiophene rings is 1. The van der Waals surface area contributed by atoms with Crippen molar-refractivity contribution in [3.63, 3.8) is 0 Å². The monoisotopic (exact) mass is 554 g/mol. The van der Waals surface area contributed by atoms with E-state index in [1.807, 2.05) is 68.4 Å². The summed E-state index contributed by atoms with van der Waals surface area (Å²) in [4.78, 5) is 26.5. The molecule has 0 saturated heterocycles. The van der Waals surface area contributed by atoms with Gasteiger partial charge in [0.2, 0.25) is 0 Å². The number of anilines is 1. The van der Waals surface area contributed by atoms with Gasteiger partial charge in [0.1, 0.15) is 34.7 Å². The molecule has 0 bridgehead atoms. The number of esters is 1. The Labute approximate surface area is 237 Å². The number of carbonyl (C=O) groups excluding carboxylic acids is 2. The van der Waals surface area contributed by atoms with Crippen LogP contribution in [0.15, 0.2) is 72.3 Å². The van der Waals surface area contributed by atoms with E-state index in [9.17, 15) is 14.9 Å². The number of nitrogens with zero attached hydrogens (tertiary/aromatic N) is 1. The van der Waals surface area contributed by atoms with Crippen LogP contribution in [0.2, 0.25) is 0 Å². The molecule has 0 unspecified atom stereocenters. The molecule has 0 aliphatic carbocycles. The maximum atomic E-state index is 13.1. The molecule has 0 saturated carbocycles. The lowest BCUT2D eigenvalue weighted by molar-refractivity contribution is -0.112. The highest BCUT2D eigenvalue weighted by Gasteiger charge is 2.21. The molecular formula is C32H30N2O5S. The molecule has 0 atom stereocenters. The van der Waals surface area contributed by atoms with Crippen molar-refractivity contribution in [1.29, 1.82) is 5.26 Å². The summed E-state index contributed by atoms with van der Waals surface area (Å²) < 4.78 is 16.7. The summed E-state index contributed by atoms with van der Waals surface area (Å²) in [6.07, 6.45) is 1.50. The van der Waals surface area contributed by atoms with Crippen LogP contribution in [0.4, 0.5) is 5.00 Å². The molecule has 0 aliphatic heterocycles. The van der Waals surface area contributed by atoms with Crippen molar-refractivity contribution >= 4 is 45.1 Å². The minimum atomic E-state index is -0.616. The molecule has 4 aromatic rings. The number of amides is 1. The molecule has 0 fully saturated rings. The molecule has 7 nitrogen and oxygen atoms in total. The van der Waals surface area contributed by atoms with E-state index in [2.05, 4.69) is 5.32 Å². The second-order valence-corrected chi connectivity index (χ2v) is 10.3. The summed E-state index contributed by atoms with van der Waals surface area (Å²) in [5.41, 5.74) is 1.55. The van der Waals surface area contributed by atoms with Crippen LogP contribution < -0.4 is 14.8 Å². The molecule has 3 aromatic carbocycles. The quantitative estimate of drug-likeness (QED) is 0.125. The Balaban J connectivity index is 1.55. The summed E-state index contributed by atoms with van der Waals surface area (Å²) in [7, 11) is 1.58. The van der Waals surface area contributed by atoms with Crippen molar-refractivity contribution in [1.82, 2.24) is 0 Å². The molecule has 0 spiro atoms. The molecule has 0 aliphatic rings. The van der Waals surface area contributed by atoms with Gasteiger partial charge in [-0.1, -0.05) is 50.2 Å². The van der Waals surface area contributed by atoms with Gasteiger partial charge in [0.05, 0.1) is 19.3 Å². The predicted octanol–water partition coefficient (Wildman–Crippen LogP) is 7.33. The van der Waals surface area contributed by atoms with Crippen molar-refractivity contribution in [3.8, 4) is 17.6 Å². The average Bonchev–Trinajstić information content (AvgIpc) is 3.39. The van der Waals surface area contributed by atoms with Gasteiger partial charge in [-0.2, -0.15) is 5.26 Å². The smallest absolute Gasteiger partial charge is 0.341 e. The molecule has 1 amide bonds. The van der Waals surface area contributed by atoms with Crippen molar-refractivity contribution in [2.45, 2.75) is 33.3 Å². The third-order valence-corrected chi connectivity index (χ3v) is 7.49. The standard InChI is InChI=1S/C32H30N2O5S/c1-5-38-32(36)27-17-29(20(2)3)40-31(27)34-30(35)24(18-33)14-21-10-13-28(37-4)25(15-21)19-39-26-12-11-22-8-6-7-9-23(22)16-26/h6-17,20H,5,19H2,1-4H3,(H,34,35). The highest BCUT2D eigenvalue weighted by Crippen LogP contribution is 2.34. The zero-order chi connectivity index (χ0) is 28.6. The van der Waals surface area contributed by atoms with Gasteiger partial charge < -0.3 is 19.5 Å². The average molecular weight is 555 g/mol. The van der Waals surface area contributed by atoms with Crippen LogP contribution in [0.25, 0.3) is 16.8 Å². The van der Waals surface area contributed by atoms with E-state index in [0.29, 0.717) is 22.1 Å². The third-order valence-electron chi connectivity index (χ3n) is 6.14. The van der Waals surface area contributed by atoms with Crippen molar-refractivity contribution in [2.24, 2.45) is 0 Å². The zero-order valence-electron chi connectivity index (χ0n) is 22.8. The summed E-state index contributed by atoms with van der Waals surface area (Å²) >= 11 is 1.29. The molecule has 4 rings (SSSR count). The second kappa shape index (κ2) is 13.0. The number of ether oxygens (including phenoxy) is 3. The van der Waals surface area contributed by atoms with Crippen molar-refractivity contribution < 1.29 is 23.8 Å². The van der Waals surface area contributed by atoms with Gasteiger partial charge in [-0.05, 0) is 65.6 Å². The number of fused-ring (bicyclic) bond motifs is 1. The van der Waals surface area contributed by atoms with Gasteiger partial charge in [0.15, 0.2) is 0 Å².